The molecule has 1 aliphatic rings. The van der Waals surface area contributed by atoms with Gasteiger partial charge in [0.2, 0.25) is 5.91 Å². The van der Waals surface area contributed by atoms with Crippen LogP contribution in [0.2, 0.25) is 0 Å². The van der Waals surface area contributed by atoms with Crippen molar-refractivity contribution in [3.63, 3.8) is 0 Å². The summed E-state index contributed by atoms with van der Waals surface area (Å²) in [5.41, 5.74) is 0.895. The van der Waals surface area contributed by atoms with Gasteiger partial charge in [0.1, 0.15) is 12.0 Å². The zero-order valence-electron chi connectivity index (χ0n) is 20.7. The number of fused-ring (bicyclic) bond motifs is 1. The Morgan fingerprint density at radius 3 is 2.58 bits per heavy atom. The van der Waals surface area contributed by atoms with E-state index in [1.807, 2.05) is 0 Å². The standard InChI is InChI=1S/C28H33N3O5/c1-36-25-15-14-20(19-32)17-21(25)18-31-24-12-6-5-11-23(24)27(34)30(28(31)35)16-8-7-13-26(33)29-22-9-3-2-4-10-22/h5-6,11-12,14-15,17,19,22H,2-4,7-10,13,16,18H2,1H3,(H,29,33). The number of unbranched alkanes of at least 4 members (excludes halogenated alkanes) is 1. The van der Waals surface area contributed by atoms with Gasteiger partial charge in [0, 0.05) is 30.1 Å². The van der Waals surface area contributed by atoms with Crippen LogP contribution in [0, 0.1) is 0 Å². The molecule has 1 saturated carbocycles. The fourth-order valence-corrected chi connectivity index (χ4v) is 4.99. The van der Waals surface area contributed by atoms with Gasteiger partial charge in [0.15, 0.2) is 0 Å². The van der Waals surface area contributed by atoms with Gasteiger partial charge in [-0.05, 0) is 56.0 Å². The number of hydrogen-bond donors (Lipinski definition) is 1. The fraction of sp³-hybridized carbons (Fsp3) is 0.429. The number of aldehydes is 1. The largest absolute Gasteiger partial charge is 0.496 e. The monoisotopic (exact) mass is 491 g/mol. The van der Waals surface area contributed by atoms with Crippen molar-refractivity contribution in [2.45, 2.75) is 70.5 Å². The molecule has 8 heteroatoms. The lowest BCUT2D eigenvalue weighted by Gasteiger charge is -2.22. The molecule has 3 aromatic rings. The SMILES string of the molecule is COc1ccc(C=O)cc1Cn1c(=O)n(CCCCC(=O)NC2CCCCC2)c(=O)c2ccccc21. The van der Waals surface area contributed by atoms with E-state index in [-0.39, 0.29) is 30.6 Å². The van der Waals surface area contributed by atoms with Crippen LogP contribution in [-0.4, -0.2) is 34.5 Å². The van der Waals surface area contributed by atoms with Crippen molar-refractivity contribution in [2.75, 3.05) is 7.11 Å². The van der Waals surface area contributed by atoms with Gasteiger partial charge in [-0.3, -0.25) is 23.5 Å². The first-order valence-electron chi connectivity index (χ1n) is 12.7. The number of methoxy groups -OCH3 is 1. The zero-order chi connectivity index (χ0) is 25.5. The minimum absolute atomic E-state index is 0.0346. The Labute approximate surface area is 209 Å². The van der Waals surface area contributed by atoms with E-state index in [4.69, 9.17) is 4.74 Å². The zero-order valence-corrected chi connectivity index (χ0v) is 20.7. The molecule has 0 spiro atoms. The van der Waals surface area contributed by atoms with Crippen molar-refractivity contribution in [2.24, 2.45) is 0 Å². The van der Waals surface area contributed by atoms with Crippen LogP contribution in [0.1, 0.15) is 67.3 Å². The number of nitrogens with one attached hydrogen (secondary N) is 1. The maximum atomic E-state index is 13.5. The first kappa shape index (κ1) is 25.4. The molecule has 4 rings (SSSR count). The van der Waals surface area contributed by atoms with Gasteiger partial charge in [-0.25, -0.2) is 4.79 Å². The first-order chi connectivity index (χ1) is 17.5. The van der Waals surface area contributed by atoms with Crippen LogP contribution < -0.4 is 21.3 Å². The van der Waals surface area contributed by atoms with Gasteiger partial charge in [-0.2, -0.15) is 0 Å². The van der Waals surface area contributed by atoms with Crippen molar-refractivity contribution in [1.29, 1.82) is 0 Å². The number of benzene rings is 2. The predicted molar refractivity (Wildman–Crippen MR) is 139 cm³/mol. The number of hydrogen-bond acceptors (Lipinski definition) is 5. The molecule has 0 radical (unpaired) electrons. The summed E-state index contributed by atoms with van der Waals surface area (Å²) in [6, 6.07) is 12.3. The molecule has 190 valence electrons. The number of carbonyl (C=O) groups is 2. The lowest BCUT2D eigenvalue weighted by molar-refractivity contribution is -0.122. The summed E-state index contributed by atoms with van der Waals surface area (Å²) in [7, 11) is 1.53. The second-order valence-corrected chi connectivity index (χ2v) is 9.39. The Balaban J connectivity index is 1.54. The van der Waals surface area contributed by atoms with Gasteiger partial charge < -0.3 is 10.1 Å². The maximum absolute atomic E-state index is 13.5. The second kappa shape index (κ2) is 11.8. The highest BCUT2D eigenvalue weighted by Gasteiger charge is 2.17. The van der Waals surface area contributed by atoms with Crippen LogP contribution in [0.25, 0.3) is 10.9 Å². The topological polar surface area (TPSA) is 99.4 Å². The summed E-state index contributed by atoms with van der Waals surface area (Å²) in [6.07, 6.45) is 7.89. The summed E-state index contributed by atoms with van der Waals surface area (Å²) in [5.74, 6) is 0.589. The summed E-state index contributed by atoms with van der Waals surface area (Å²) in [6.45, 7) is 0.374. The van der Waals surface area contributed by atoms with Crippen molar-refractivity contribution in [1.82, 2.24) is 14.5 Å². The third-order valence-corrected chi connectivity index (χ3v) is 6.91. The number of para-hydroxylation sites is 1. The van der Waals surface area contributed by atoms with Crippen molar-refractivity contribution in [3.05, 3.63) is 74.4 Å². The smallest absolute Gasteiger partial charge is 0.331 e. The van der Waals surface area contributed by atoms with Crippen molar-refractivity contribution < 1.29 is 14.3 Å². The number of aromatic nitrogens is 2. The lowest BCUT2D eigenvalue weighted by Crippen LogP contribution is -2.40. The predicted octanol–water partition coefficient (Wildman–Crippen LogP) is 3.65. The molecular formula is C28H33N3O5. The Bertz CT molecular complexity index is 1350. The van der Waals surface area contributed by atoms with Gasteiger partial charge in [-0.1, -0.05) is 31.4 Å². The highest BCUT2D eigenvalue weighted by Crippen LogP contribution is 2.21. The molecule has 1 fully saturated rings. The second-order valence-electron chi connectivity index (χ2n) is 9.39. The summed E-state index contributed by atoms with van der Waals surface area (Å²) in [4.78, 5) is 50.3. The van der Waals surface area contributed by atoms with Crippen LogP contribution >= 0.6 is 0 Å². The van der Waals surface area contributed by atoms with Crippen LogP contribution in [-0.2, 0) is 17.9 Å². The van der Waals surface area contributed by atoms with E-state index in [0.29, 0.717) is 47.0 Å². The van der Waals surface area contributed by atoms with Gasteiger partial charge in [0.05, 0.1) is 24.6 Å². The molecular weight excluding hydrogens is 458 g/mol. The number of carbonyl (C=O) groups excluding carboxylic acids is 2. The highest BCUT2D eigenvalue weighted by atomic mass is 16.5. The van der Waals surface area contributed by atoms with E-state index in [2.05, 4.69) is 5.32 Å². The van der Waals surface area contributed by atoms with Crippen LogP contribution in [0.4, 0.5) is 0 Å². The molecule has 36 heavy (non-hydrogen) atoms. The third kappa shape index (κ3) is 5.75. The van der Waals surface area contributed by atoms with Crippen LogP contribution in [0.5, 0.6) is 5.75 Å². The van der Waals surface area contributed by atoms with Crippen molar-refractivity contribution in [3.8, 4) is 5.75 Å². The number of rotatable bonds is 10. The van der Waals surface area contributed by atoms with E-state index in [1.165, 1.54) is 18.1 Å². The Kier molecular flexibility index (Phi) is 8.36. The number of nitrogens with zero attached hydrogens (tertiary/aromatic N) is 2. The molecule has 1 N–H and O–H groups in total. The number of amides is 1. The van der Waals surface area contributed by atoms with E-state index in [9.17, 15) is 19.2 Å². The minimum Gasteiger partial charge on any atom is -0.496 e. The summed E-state index contributed by atoms with van der Waals surface area (Å²) in [5, 5.41) is 3.55. The molecule has 0 unspecified atom stereocenters. The van der Waals surface area contributed by atoms with Gasteiger partial charge >= 0.3 is 5.69 Å². The van der Waals surface area contributed by atoms with Gasteiger partial charge in [-0.15, -0.1) is 0 Å². The lowest BCUT2D eigenvalue weighted by atomic mass is 9.95. The normalized spacial score (nSPS) is 14.0. The van der Waals surface area contributed by atoms with Gasteiger partial charge in [0.25, 0.3) is 5.56 Å². The average molecular weight is 492 g/mol. The molecule has 0 atom stereocenters. The molecule has 0 bridgehead atoms. The Morgan fingerprint density at radius 1 is 1.06 bits per heavy atom. The summed E-state index contributed by atoms with van der Waals surface area (Å²) >= 11 is 0. The number of ether oxygens (including phenoxy) is 1. The summed E-state index contributed by atoms with van der Waals surface area (Å²) < 4.78 is 8.23. The molecule has 0 saturated heterocycles. The van der Waals surface area contributed by atoms with E-state index < -0.39 is 5.69 Å². The minimum atomic E-state index is -0.427. The molecule has 1 aromatic heterocycles. The van der Waals surface area contributed by atoms with E-state index in [1.54, 1.807) is 47.0 Å². The quantitative estimate of drug-likeness (QED) is 0.345. The molecule has 8 nitrogen and oxygen atoms in total. The first-order valence-corrected chi connectivity index (χ1v) is 12.7. The van der Waals surface area contributed by atoms with E-state index in [0.717, 1.165) is 32.0 Å². The van der Waals surface area contributed by atoms with Crippen LogP contribution in [0.15, 0.2) is 52.1 Å². The Morgan fingerprint density at radius 2 is 1.83 bits per heavy atom. The third-order valence-electron chi connectivity index (χ3n) is 6.91. The molecule has 1 amide bonds. The average Bonchev–Trinajstić information content (AvgIpc) is 2.91. The molecule has 0 aliphatic heterocycles. The molecule has 1 aliphatic carbocycles. The van der Waals surface area contributed by atoms with E-state index >= 15 is 0 Å². The Hall–Kier alpha value is -3.68. The highest BCUT2D eigenvalue weighted by molar-refractivity contribution is 5.78. The van der Waals surface area contributed by atoms with Crippen LogP contribution in [0.3, 0.4) is 0 Å². The van der Waals surface area contributed by atoms with Crippen molar-refractivity contribution >= 4 is 23.1 Å². The fourth-order valence-electron chi connectivity index (χ4n) is 4.99. The molecule has 1 heterocycles. The maximum Gasteiger partial charge on any atom is 0.331 e. The molecule has 2 aromatic carbocycles.